The number of alkyl halides is 3. The van der Waals surface area contributed by atoms with Crippen LogP contribution in [0.15, 0.2) is 49.9 Å². The molecule has 0 aromatic rings. The second kappa shape index (κ2) is 12.0. The van der Waals surface area contributed by atoms with Gasteiger partial charge in [-0.3, -0.25) is 4.99 Å². The van der Waals surface area contributed by atoms with E-state index in [1.165, 1.54) is 5.57 Å². The standard InChI is InChI=1S/C27H36F3N5O/c1-5-23-24(36-18-27(28,29)30)14-26(6-2,20(4)33-22-10-8-19(3)9-11-22)17-32-25(34-23)21-15-35(16-21)13-7-12-31/h8,10,17,21H,5-7,9,11,13-16,18H2,1-4H3/b24-23-,32-17+,33-20-,34-25-. The summed E-state index contributed by atoms with van der Waals surface area (Å²) >= 11 is 0. The van der Waals surface area contributed by atoms with Crippen molar-refractivity contribution in [3.05, 3.63) is 34.9 Å². The second-order valence-corrected chi connectivity index (χ2v) is 9.77. The van der Waals surface area contributed by atoms with Crippen LogP contribution in [0.5, 0.6) is 0 Å². The molecule has 0 amide bonds. The van der Waals surface area contributed by atoms with Crippen LogP contribution in [-0.2, 0) is 4.74 Å². The van der Waals surface area contributed by atoms with Gasteiger partial charge in [-0.2, -0.15) is 18.4 Å². The number of halogens is 3. The minimum atomic E-state index is -4.45. The van der Waals surface area contributed by atoms with Crippen molar-refractivity contribution in [2.45, 2.75) is 72.4 Å². The van der Waals surface area contributed by atoms with Crippen LogP contribution in [0.3, 0.4) is 0 Å². The molecule has 2 aliphatic heterocycles. The van der Waals surface area contributed by atoms with Gasteiger partial charge in [-0.25, -0.2) is 9.98 Å². The van der Waals surface area contributed by atoms with Crippen LogP contribution in [-0.4, -0.2) is 55.1 Å². The summed E-state index contributed by atoms with van der Waals surface area (Å²) in [6.07, 6.45) is 4.95. The van der Waals surface area contributed by atoms with Gasteiger partial charge in [0.25, 0.3) is 0 Å². The smallest absolute Gasteiger partial charge is 0.422 e. The third kappa shape index (κ3) is 7.16. The quantitative estimate of drug-likeness (QED) is 0.342. The lowest BCUT2D eigenvalue weighted by atomic mass is 9.77. The fourth-order valence-electron chi connectivity index (χ4n) is 4.60. The first kappa shape index (κ1) is 27.9. The maximum Gasteiger partial charge on any atom is 0.422 e. The molecule has 1 fully saturated rings. The zero-order valence-corrected chi connectivity index (χ0v) is 21.7. The average Bonchev–Trinajstić information content (AvgIpc) is 2.80. The zero-order chi connectivity index (χ0) is 26.3. The Morgan fingerprint density at radius 3 is 2.61 bits per heavy atom. The molecule has 0 aromatic carbocycles. The molecule has 0 N–H and O–H groups in total. The van der Waals surface area contributed by atoms with Gasteiger partial charge in [0.05, 0.1) is 17.2 Å². The molecule has 1 saturated heterocycles. The predicted octanol–water partition coefficient (Wildman–Crippen LogP) is 6.39. The number of likely N-dealkylation sites (tertiary alicyclic amines) is 1. The van der Waals surface area contributed by atoms with Crippen LogP contribution >= 0.6 is 0 Å². The molecule has 1 atom stereocenters. The van der Waals surface area contributed by atoms with Crippen molar-refractivity contribution < 1.29 is 17.9 Å². The van der Waals surface area contributed by atoms with Crippen molar-refractivity contribution in [3.63, 3.8) is 0 Å². The molecule has 6 nitrogen and oxygen atoms in total. The molecule has 0 spiro atoms. The Hall–Kier alpha value is -2.73. The van der Waals surface area contributed by atoms with Crippen LogP contribution in [0.1, 0.15) is 66.2 Å². The maximum atomic E-state index is 13.1. The molecule has 196 valence electrons. The molecule has 0 saturated carbocycles. The molecule has 3 rings (SSSR count). The van der Waals surface area contributed by atoms with Gasteiger partial charge in [-0.1, -0.05) is 25.5 Å². The van der Waals surface area contributed by atoms with Crippen molar-refractivity contribution in [1.82, 2.24) is 4.90 Å². The molecule has 0 radical (unpaired) electrons. The van der Waals surface area contributed by atoms with E-state index < -0.39 is 18.2 Å². The van der Waals surface area contributed by atoms with Gasteiger partial charge in [0.2, 0.25) is 0 Å². The summed E-state index contributed by atoms with van der Waals surface area (Å²) in [4.78, 5) is 16.6. The summed E-state index contributed by atoms with van der Waals surface area (Å²) in [5.74, 6) is 0.919. The summed E-state index contributed by atoms with van der Waals surface area (Å²) in [5.41, 5.74) is 2.88. The summed E-state index contributed by atoms with van der Waals surface area (Å²) in [6.45, 7) is 8.66. The topological polar surface area (TPSA) is 73.3 Å². The Labute approximate surface area is 212 Å². The Balaban J connectivity index is 1.99. The summed E-state index contributed by atoms with van der Waals surface area (Å²) < 4.78 is 44.8. The van der Waals surface area contributed by atoms with Crippen LogP contribution in [0, 0.1) is 22.7 Å². The lowest BCUT2D eigenvalue weighted by molar-refractivity contribution is -0.166. The van der Waals surface area contributed by atoms with Crippen molar-refractivity contribution in [1.29, 1.82) is 5.26 Å². The van der Waals surface area contributed by atoms with E-state index in [0.717, 1.165) is 37.3 Å². The van der Waals surface area contributed by atoms with Crippen molar-refractivity contribution in [2.24, 2.45) is 26.3 Å². The van der Waals surface area contributed by atoms with Gasteiger partial charge in [-0.05, 0) is 45.6 Å². The lowest BCUT2D eigenvalue weighted by Gasteiger charge is -2.39. The highest BCUT2D eigenvalue weighted by molar-refractivity contribution is 6.06. The van der Waals surface area contributed by atoms with E-state index in [2.05, 4.69) is 24.0 Å². The summed E-state index contributed by atoms with van der Waals surface area (Å²) in [7, 11) is 0. The number of hydrogen-bond donors (Lipinski definition) is 0. The average molecular weight is 504 g/mol. The normalized spacial score (nSPS) is 28.6. The van der Waals surface area contributed by atoms with E-state index >= 15 is 0 Å². The number of rotatable bonds is 9. The highest BCUT2D eigenvalue weighted by Gasteiger charge is 2.38. The number of amidine groups is 1. The van der Waals surface area contributed by atoms with Gasteiger partial charge in [0, 0.05) is 56.0 Å². The molecule has 1 aliphatic carbocycles. The Morgan fingerprint density at radius 2 is 2.03 bits per heavy atom. The Bertz CT molecular complexity index is 1040. The molecule has 3 aliphatic rings. The molecule has 0 bridgehead atoms. The maximum absolute atomic E-state index is 13.1. The summed E-state index contributed by atoms with van der Waals surface area (Å²) in [5, 5.41) is 8.85. The number of nitrogens with zero attached hydrogens (tertiary/aromatic N) is 5. The van der Waals surface area contributed by atoms with Gasteiger partial charge in [0.15, 0.2) is 6.61 Å². The molecule has 0 aromatic heterocycles. The van der Waals surface area contributed by atoms with Crippen molar-refractivity contribution >= 4 is 17.8 Å². The number of allylic oxidation sites excluding steroid dienone is 6. The molecule has 9 heteroatoms. The van der Waals surface area contributed by atoms with Crippen LogP contribution in [0.4, 0.5) is 13.2 Å². The second-order valence-electron chi connectivity index (χ2n) is 9.77. The van der Waals surface area contributed by atoms with Crippen molar-refractivity contribution in [3.8, 4) is 6.07 Å². The van der Waals surface area contributed by atoms with Gasteiger partial charge in [0.1, 0.15) is 11.6 Å². The fourth-order valence-corrected chi connectivity index (χ4v) is 4.60. The Morgan fingerprint density at radius 1 is 1.28 bits per heavy atom. The third-order valence-electron chi connectivity index (χ3n) is 7.10. The first-order valence-corrected chi connectivity index (χ1v) is 12.7. The Kier molecular flexibility index (Phi) is 9.29. The van der Waals surface area contributed by atoms with E-state index in [-0.39, 0.29) is 18.1 Å². The van der Waals surface area contributed by atoms with E-state index in [4.69, 9.17) is 25.0 Å². The molecule has 2 heterocycles. The first-order chi connectivity index (χ1) is 17.1. The largest absolute Gasteiger partial charge is 0.487 e. The highest BCUT2D eigenvalue weighted by Crippen LogP contribution is 2.37. The van der Waals surface area contributed by atoms with E-state index in [0.29, 0.717) is 37.3 Å². The third-order valence-corrected chi connectivity index (χ3v) is 7.10. The first-order valence-electron chi connectivity index (χ1n) is 12.7. The molecular weight excluding hydrogens is 467 g/mol. The van der Waals surface area contributed by atoms with Gasteiger partial charge in [-0.15, -0.1) is 0 Å². The summed E-state index contributed by atoms with van der Waals surface area (Å²) in [6, 6.07) is 2.16. The minimum absolute atomic E-state index is 0.0597. The number of ether oxygens (including phenoxy) is 1. The van der Waals surface area contributed by atoms with Gasteiger partial charge < -0.3 is 9.64 Å². The molecular formula is C27H36F3N5O. The van der Waals surface area contributed by atoms with Crippen LogP contribution < -0.4 is 0 Å². The van der Waals surface area contributed by atoms with Crippen molar-refractivity contribution in [2.75, 3.05) is 26.2 Å². The zero-order valence-electron chi connectivity index (χ0n) is 21.7. The SMILES string of the molecule is CCC1=C(/OCC(F)(F)F)CC(CC)(/C(C)=N\C2=CC=C(C)CC2)/C=N/C(C2CN(CCC#N)C2)=N\1. The molecule has 36 heavy (non-hydrogen) atoms. The highest BCUT2D eigenvalue weighted by atomic mass is 19.4. The monoisotopic (exact) mass is 503 g/mol. The van der Waals surface area contributed by atoms with E-state index in [1.54, 1.807) is 0 Å². The number of hydrogen-bond acceptors (Lipinski definition) is 6. The lowest BCUT2D eigenvalue weighted by Crippen LogP contribution is -2.50. The molecule has 1 unspecified atom stereocenters. The number of nitriles is 1. The number of aliphatic imine (C=N–C) groups is 3. The van der Waals surface area contributed by atoms with Crippen LogP contribution in [0.25, 0.3) is 0 Å². The van der Waals surface area contributed by atoms with E-state index in [1.807, 2.05) is 33.1 Å². The van der Waals surface area contributed by atoms with Crippen LogP contribution in [0.2, 0.25) is 0 Å². The van der Waals surface area contributed by atoms with Gasteiger partial charge >= 0.3 is 6.18 Å². The predicted molar refractivity (Wildman–Crippen MR) is 137 cm³/mol. The minimum Gasteiger partial charge on any atom is -0.487 e. The van der Waals surface area contributed by atoms with E-state index in [9.17, 15) is 13.2 Å². The fraction of sp³-hybridized carbons (Fsp3) is 0.630.